The van der Waals surface area contributed by atoms with Crippen molar-refractivity contribution in [3.05, 3.63) is 51.8 Å². The molecule has 100 valence electrons. The monoisotopic (exact) mass is 258 g/mol. The molecule has 1 heterocycles. The first-order valence-corrected chi connectivity index (χ1v) is 6.12. The smallest absolute Gasteiger partial charge is 0.255 e. The number of pyridine rings is 1. The molecule has 0 bridgehead atoms. The maximum absolute atomic E-state index is 12.2. The van der Waals surface area contributed by atoms with Crippen LogP contribution >= 0.6 is 0 Å². The minimum atomic E-state index is -0.0340. The molecule has 0 aliphatic rings. The van der Waals surface area contributed by atoms with Gasteiger partial charge in [-0.3, -0.25) is 4.79 Å². The molecule has 1 aromatic heterocycles. The predicted molar refractivity (Wildman–Crippen MR) is 76.3 cm³/mol. The fraction of sp³-hybridized carbons (Fsp3) is 0.267. The molecule has 4 heteroatoms. The second-order valence-electron chi connectivity index (χ2n) is 4.49. The van der Waals surface area contributed by atoms with Gasteiger partial charge in [0, 0.05) is 19.2 Å². The lowest BCUT2D eigenvalue weighted by molar-refractivity contribution is 0.415. The maximum Gasteiger partial charge on any atom is 0.255 e. The van der Waals surface area contributed by atoms with Crippen LogP contribution in [0.2, 0.25) is 0 Å². The number of ether oxygens (including phenoxy) is 1. The summed E-state index contributed by atoms with van der Waals surface area (Å²) in [6.45, 7) is 2.18. The van der Waals surface area contributed by atoms with Crippen molar-refractivity contribution in [2.24, 2.45) is 12.8 Å². The molecule has 0 saturated heterocycles. The molecular weight excluding hydrogens is 240 g/mol. The van der Waals surface area contributed by atoms with Gasteiger partial charge in [0.15, 0.2) is 0 Å². The van der Waals surface area contributed by atoms with Gasteiger partial charge in [-0.15, -0.1) is 0 Å². The highest BCUT2D eigenvalue weighted by Gasteiger charge is 2.10. The number of hydrogen-bond acceptors (Lipinski definition) is 3. The van der Waals surface area contributed by atoms with E-state index in [1.54, 1.807) is 18.7 Å². The van der Waals surface area contributed by atoms with Crippen molar-refractivity contribution in [2.75, 3.05) is 7.11 Å². The topological polar surface area (TPSA) is 57.2 Å². The number of rotatable bonds is 3. The van der Waals surface area contributed by atoms with E-state index in [2.05, 4.69) is 0 Å². The van der Waals surface area contributed by atoms with Crippen LogP contribution in [0.5, 0.6) is 5.75 Å². The molecule has 19 heavy (non-hydrogen) atoms. The molecule has 0 atom stereocenters. The standard InChI is InChI=1S/C15H18N2O2/c1-10-8-14(17(2)15(18)13(10)9-16)11-4-6-12(19-3)7-5-11/h4-8H,9,16H2,1-3H3. The predicted octanol–water partition coefficient (Wildman–Crippen LogP) is 1.83. The van der Waals surface area contributed by atoms with Crippen molar-refractivity contribution < 1.29 is 4.74 Å². The van der Waals surface area contributed by atoms with Crippen LogP contribution in [-0.4, -0.2) is 11.7 Å². The average molecular weight is 258 g/mol. The zero-order valence-corrected chi connectivity index (χ0v) is 11.4. The van der Waals surface area contributed by atoms with Crippen molar-refractivity contribution in [1.29, 1.82) is 0 Å². The van der Waals surface area contributed by atoms with Gasteiger partial charge < -0.3 is 15.0 Å². The quantitative estimate of drug-likeness (QED) is 0.913. The van der Waals surface area contributed by atoms with Gasteiger partial charge in [-0.1, -0.05) is 0 Å². The van der Waals surface area contributed by atoms with Crippen LogP contribution in [0.3, 0.4) is 0 Å². The first-order valence-electron chi connectivity index (χ1n) is 6.12. The van der Waals surface area contributed by atoms with E-state index in [0.717, 1.165) is 22.6 Å². The third-order valence-corrected chi connectivity index (χ3v) is 3.34. The highest BCUT2D eigenvalue weighted by molar-refractivity contribution is 5.62. The van der Waals surface area contributed by atoms with Crippen LogP contribution in [0.1, 0.15) is 11.1 Å². The van der Waals surface area contributed by atoms with E-state index < -0.39 is 0 Å². The zero-order chi connectivity index (χ0) is 14.0. The van der Waals surface area contributed by atoms with E-state index in [-0.39, 0.29) is 12.1 Å². The van der Waals surface area contributed by atoms with Crippen molar-refractivity contribution in [3.8, 4) is 17.0 Å². The van der Waals surface area contributed by atoms with Gasteiger partial charge in [0.1, 0.15) is 5.75 Å². The van der Waals surface area contributed by atoms with Gasteiger partial charge in [0.2, 0.25) is 0 Å². The first-order chi connectivity index (χ1) is 9.08. The van der Waals surface area contributed by atoms with Crippen LogP contribution in [0.25, 0.3) is 11.3 Å². The van der Waals surface area contributed by atoms with E-state index >= 15 is 0 Å². The van der Waals surface area contributed by atoms with Crippen molar-refractivity contribution in [3.63, 3.8) is 0 Å². The third kappa shape index (κ3) is 2.39. The second kappa shape index (κ2) is 5.28. The Morgan fingerprint density at radius 2 is 1.89 bits per heavy atom. The number of nitrogens with zero attached hydrogens (tertiary/aromatic N) is 1. The van der Waals surface area contributed by atoms with Gasteiger partial charge in [-0.05, 0) is 48.4 Å². The summed E-state index contributed by atoms with van der Waals surface area (Å²) in [4.78, 5) is 12.2. The highest BCUT2D eigenvalue weighted by Crippen LogP contribution is 2.22. The van der Waals surface area contributed by atoms with Gasteiger partial charge in [0.25, 0.3) is 5.56 Å². The summed E-state index contributed by atoms with van der Waals surface area (Å²) < 4.78 is 6.77. The Hall–Kier alpha value is -2.07. The van der Waals surface area contributed by atoms with Gasteiger partial charge in [-0.25, -0.2) is 0 Å². The van der Waals surface area contributed by atoms with Gasteiger partial charge in [-0.2, -0.15) is 0 Å². The maximum atomic E-state index is 12.2. The summed E-state index contributed by atoms with van der Waals surface area (Å²) in [5.41, 5.74) is 9.03. The van der Waals surface area contributed by atoms with Gasteiger partial charge >= 0.3 is 0 Å². The van der Waals surface area contributed by atoms with Crippen molar-refractivity contribution in [2.45, 2.75) is 13.5 Å². The normalized spacial score (nSPS) is 10.5. The van der Waals surface area contributed by atoms with E-state index in [1.165, 1.54) is 0 Å². The summed E-state index contributed by atoms with van der Waals surface area (Å²) in [7, 11) is 3.39. The lowest BCUT2D eigenvalue weighted by Gasteiger charge is -2.13. The molecule has 0 amide bonds. The minimum Gasteiger partial charge on any atom is -0.497 e. The van der Waals surface area contributed by atoms with Crippen molar-refractivity contribution in [1.82, 2.24) is 4.57 Å². The molecule has 2 N–H and O–H groups in total. The molecule has 0 radical (unpaired) electrons. The SMILES string of the molecule is COc1ccc(-c2cc(C)c(CN)c(=O)n2C)cc1. The van der Waals surface area contributed by atoms with Crippen LogP contribution < -0.4 is 16.0 Å². The number of aryl methyl sites for hydroxylation is 1. The summed E-state index contributed by atoms with van der Waals surface area (Å²) in [6, 6.07) is 9.63. The Kier molecular flexibility index (Phi) is 3.71. The van der Waals surface area contributed by atoms with E-state index in [4.69, 9.17) is 10.5 Å². The lowest BCUT2D eigenvalue weighted by atomic mass is 10.1. The van der Waals surface area contributed by atoms with Crippen LogP contribution in [0.4, 0.5) is 0 Å². The first kappa shape index (κ1) is 13.4. The van der Waals surface area contributed by atoms with E-state index in [1.807, 2.05) is 37.3 Å². The fourth-order valence-electron chi connectivity index (χ4n) is 2.16. The number of benzene rings is 1. The molecule has 1 aromatic carbocycles. The Labute approximate surface area is 112 Å². The summed E-state index contributed by atoms with van der Waals surface area (Å²) in [6.07, 6.45) is 0. The van der Waals surface area contributed by atoms with E-state index in [9.17, 15) is 4.79 Å². The Morgan fingerprint density at radius 1 is 1.26 bits per heavy atom. The molecular formula is C15H18N2O2. The van der Waals surface area contributed by atoms with Gasteiger partial charge in [0.05, 0.1) is 12.8 Å². The molecule has 2 rings (SSSR count). The minimum absolute atomic E-state index is 0.0340. The molecule has 0 unspecified atom stereocenters. The summed E-state index contributed by atoms with van der Waals surface area (Å²) in [5.74, 6) is 0.795. The molecule has 0 fully saturated rings. The van der Waals surface area contributed by atoms with Crippen LogP contribution in [-0.2, 0) is 13.6 Å². The Bertz CT molecular complexity index is 642. The fourth-order valence-corrected chi connectivity index (χ4v) is 2.16. The highest BCUT2D eigenvalue weighted by atomic mass is 16.5. The number of hydrogen-bond donors (Lipinski definition) is 1. The molecule has 4 nitrogen and oxygen atoms in total. The molecule has 0 spiro atoms. The Balaban J connectivity index is 2.59. The number of aromatic nitrogens is 1. The molecule has 0 aliphatic heterocycles. The molecule has 2 aromatic rings. The molecule has 0 aliphatic carbocycles. The summed E-state index contributed by atoms with van der Waals surface area (Å²) in [5, 5.41) is 0. The number of methoxy groups -OCH3 is 1. The number of nitrogens with two attached hydrogens (primary N) is 1. The van der Waals surface area contributed by atoms with Crippen LogP contribution in [0, 0.1) is 6.92 Å². The third-order valence-electron chi connectivity index (χ3n) is 3.34. The lowest BCUT2D eigenvalue weighted by Crippen LogP contribution is -2.25. The van der Waals surface area contributed by atoms with Crippen LogP contribution in [0.15, 0.2) is 35.1 Å². The zero-order valence-electron chi connectivity index (χ0n) is 11.4. The van der Waals surface area contributed by atoms with E-state index in [0.29, 0.717) is 5.56 Å². The Morgan fingerprint density at radius 3 is 2.42 bits per heavy atom. The second-order valence-corrected chi connectivity index (χ2v) is 4.49. The molecule has 0 saturated carbocycles. The average Bonchev–Trinajstić information content (AvgIpc) is 2.43. The van der Waals surface area contributed by atoms with Crippen molar-refractivity contribution >= 4 is 0 Å². The summed E-state index contributed by atoms with van der Waals surface area (Å²) >= 11 is 0. The largest absolute Gasteiger partial charge is 0.497 e.